The zero-order valence-electron chi connectivity index (χ0n) is 22.4. The minimum absolute atomic E-state index is 0.776. The molecule has 0 amide bonds. The zero-order valence-corrected chi connectivity index (χ0v) is 23.2. The van der Waals surface area contributed by atoms with E-state index in [2.05, 4.69) is 74.0 Å². The van der Waals surface area contributed by atoms with Gasteiger partial charge in [-0.3, -0.25) is 0 Å². The molecule has 1 aliphatic heterocycles. The van der Waals surface area contributed by atoms with Gasteiger partial charge in [0.1, 0.15) is 11.6 Å². The number of thiazole rings is 1. The van der Waals surface area contributed by atoms with Gasteiger partial charge in [0.2, 0.25) is 0 Å². The largest absolute Gasteiger partial charge is 0.354 e. The number of benzene rings is 1. The lowest BCUT2D eigenvalue weighted by Crippen LogP contribution is -2.44. The average Bonchev–Trinajstić information content (AvgIpc) is 3.37. The Morgan fingerprint density at radius 2 is 1.64 bits per heavy atom. The predicted molar refractivity (Wildman–Crippen MR) is 157 cm³/mol. The number of hydrogen-bond acceptors (Lipinski definition) is 7. The molecule has 1 aliphatic rings. The highest BCUT2D eigenvalue weighted by atomic mass is 32.1. The summed E-state index contributed by atoms with van der Waals surface area (Å²) in [5, 5.41) is 6.69. The fourth-order valence-electron chi connectivity index (χ4n) is 3.90. The van der Waals surface area contributed by atoms with Crippen LogP contribution in [-0.2, 0) is 0 Å². The molecule has 36 heavy (non-hydrogen) atoms. The molecule has 0 atom stereocenters. The van der Waals surface area contributed by atoms with Crippen LogP contribution in [0.25, 0.3) is 26.9 Å². The van der Waals surface area contributed by atoms with Gasteiger partial charge in [-0.25, -0.2) is 15.0 Å². The topological polar surface area (TPSA) is 57.2 Å². The highest BCUT2D eigenvalue weighted by molar-refractivity contribution is 7.15. The third-order valence-electron chi connectivity index (χ3n) is 5.83. The molecule has 7 heteroatoms. The third-order valence-corrected chi connectivity index (χ3v) is 6.79. The van der Waals surface area contributed by atoms with Crippen LogP contribution in [0, 0.1) is 6.92 Å². The van der Waals surface area contributed by atoms with Gasteiger partial charge in [0.15, 0.2) is 0 Å². The molecule has 4 aromatic rings. The van der Waals surface area contributed by atoms with Crippen LogP contribution < -0.4 is 10.2 Å². The summed E-state index contributed by atoms with van der Waals surface area (Å²) in [4.78, 5) is 19.4. The number of anilines is 2. The van der Waals surface area contributed by atoms with Crippen molar-refractivity contribution in [3.8, 4) is 10.4 Å². The SMILES string of the molecule is C=C(Nc1cc2cc(-c3cnc(C)s3)ccc2cn1)c1ccnc(N2CCN(C)CC2)c1.CC.CC. The van der Waals surface area contributed by atoms with E-state index < -0.39 is 0 Å². The number of pyridine rings is 2. The molecular weight excluding hydrogens is 464 g/mol. The predicted octanol–water partition coefficient (Wildman–Crippen LogP) is 6.95. The first-order valence-electron chi connectivity index (χ1n) is 12.7. The zero-order chi connectivity index (χ0) is 26.1. The molecule has 1 fully saturated rings. The number of fused-ring (bicyclic) bond motifs is 1. The summed E-state index contributed by atoms with van der Waals surface area (Å²) in [5.74, 6) is 1.77. The monoisotopic (exact) mass is 502 g/mol. The Kier molecular flexibility index (Phi) is 9.96. The van der Waals surface area contributed by atoms with Crippen molar-refractivity contribution in [2.75, 3.05) is 43.4 Å². The Hall–Kier alpha value is -3.29. The first-order valence-corrected chi connectivity index (χ1v) is 13.6. The molecule has 0 saturated carbocycles. The van der Waals surface area contributed by atoms with Gasteiger partial charge in [0.25, 0.3) is 0 Å². The molecule has 1 aromatic carbocycles. The van der Waals surface area contributed by atoms with Gasteiger partial charge < -0.3 is 15.1 Å². The molecule has 3 aromatic heterocycles. The smallest absolute Gasteiger partial charge is 0.130 e. The summed E-state index contributed by atoms with van der Waals surface area (Å²) >= 11 is 1.71. The Morgan fingerprint density at radius 1 is 0.889 bits per heavy atom. The van der Waals surface area contributed by atoms with Crippen LogP contribution in [0.5, 0.6) is 0 Å². The number of rotatable bonds is 5. The van der Waals surface area contributed by atoms with E-state index in [1.165, 1.54) is 10.4 Å². The van der Waals surface area contributed by atoms with Crippen molar-refractivity contribution >= 4 is 39.4 Å². The summed E-state index contributed by atoms with van der Waals surface area (Å²) in [6.45, 7) is 18.4. The van der Waals surface area contributed by atoms with Crippen LogP contribution in [-0.4, -0.2) is 53.1 Å². The summed E-state index contributed by atoms with van der Waals surface area (Å²) < 4.78 is 0. The van der Waals surface area contributed by atoms with E-state index in [0.29, 0.717) is 0 Å². The van der Waals surface area contributed by atoms with Gasteiger partial charge in [0.05, 0.1) is 9.88 Å². The van der Waals surface area contributed by atoms with Gasteiger partial charge >= 0.3 is 0 Å². The first-order chi connectivity index (χ1) is 17.5. The highest BCUT2D eigenvalue weighted by Crippen LogP contribution is 2.30. The van der Waals surface area contributed by atoms with Crippen molar-refractivity contribution in [1.82, 2.24) is 19.9 Å². The molecule has 190 valence electrons. The maximum absolute atomic E-state index is 4.59. The summed E-state index contributed by atoms with van der Waals surface area (Å²) in [5.41, 5.74) is 3.00. The lowest BCUT2D eigenvalue weighted by atomic mass is 10.1. The Labute approximate surface area is 219 Å². The molecule has 0 unspecified atom stereocenters. The van der Waals surface area contributed by atoms with E-state index in [1.807, 2.05) is 59.3 Å². The van der Waals surface area contributed by atoms with E-state index in [1.54, 1.807) is 11.3 Å². The van der Waals surface area contributed by atoms with E-state index in [4.69, 9.17) is 0 Å². The number of aryl methyl sites for hydroxylation is 1. The normalized spacial score (nSPS) is 13.3. The second kappa shape index (κ2) is 13.1. The summed E-state index contributed by atoms with van der Waals surface area (Å²) in [6.07, 6.45) is 5.69. The molecule has 0 spiro atoms. The van der Waals surface area contributed by atoms with Crippen LogP contribution in [0.3, 0.4) is 0 Å². The Balaban J connectivity index is 0.000000861. The van der Waals surface area contributed by atoms with Gasteiger partial charge in [0, 0.05) is 61.4 Å². The van der Waals surface area contributed by atoms with Gasteiger partial charge in [-0.1, -0.05) is 46.4 Å². The quantitative estimate of drug-likeness (QED) is 0.319. The molecule has 0 radical (unpaired) electrons. The van der Waals surface area contributed by atoms with Gasteiger partial charge in [-0.2, -0.15) is 0 Å². The first kappa shape index (κ1) is 27.3. The fourth-order valence-corrected chi connectivity index (χ4v) is 4.67. The summed E-state index contributed by atoms with van der Waals surface area (Å²) in [6, 6.07) is 12.6. The lowest BCUT2D eigenvalue weighted by molar-refractivity contribution is 0.312. The molecule has 5 rings (SSSR count). The molecule has 0 bridgehead atoms. The number of likely N-dealkylation sites (N-methyl/N-ethyl adjacent to an activating group) is 1. The van der Waals surface area contributed by atoms with Crippen molar-refractivity contribution in [1.29, 1.82) is 0 Å². The maximum Gasteiger partial charge on any atom is 0.130 e. The van der Waals surface area contributed by atoms with Gasteiger partial charge in [-0.05, 0) is 49.2 Å². The molecule has 0 aliphatic carbocycles. The number of nitrogens with one attached hydrogen (secondary N) is 1. The maximum atomic E-state index is 4.59. The Morgan fingerprint density at radius 3 is 2.33 bits per heavy atom. The van der Waals surface area contributed by atoms with E-state index in [-0.39, 0.29) is 0 Å². The highest BCUT2D eigenvalue weighted by Gasteiger charge is 2.16. The molecule has 4 heterocycles. The number of nitrogens with zero attached hydrogens (tertiary/aromatic N) is 5. The molecular formula is C29H38N6S. The van der Waals surface area contributed by atoms with Crippen LogP contribution >= 0.6 is 11.3 Å². The van der Waals surface area contributed by atoms with Crippen molar-refractivity contribution < 1.29 is 0 Å². The average molecular weight is 503 g/mol. The van der Waals surface area contributed by atoms with E-state index >= 15 is 0 Å². The minimum Gasteiger partial charge on any atom is -0.354 e. The summed E-state index contributed by atoms with van der Waals surface area (Å²) in [7, 11) is 2.16. The third kappa shape index (κ3) is 6.68. The molecule has 6 nitrogen and oxygen atoms in total. The second-order valence-electron chi connectivity index (χ2n) is 8.17. The van der Waals surface area contributed by atoms with Crippen molar-refractivity contribution in [2.24, 2.45) is 0 Å². The van der Waals surface area contributed by atoms with Crippen LogP contribution in [0.1, 0.15) is 38.3 Å². The second-order valence-corrected chi connectivity index (χ2v) is 9.41. The van der Waals surface area contributed by atoms with E-state index in [0.717, 1.165) is 64.9 Å². The lowest BCUT2D eigenvalue weighted by Gasteiger charge is -2.33. The van der Waals surface area contributed by atoms with Gasteiger partial charge in [-0.15, -0.1) is 11.3 Å². The van der Waals surface area contributed by atoms with Crippen molar-refractivity contribution in [3.05, 3.63) is 72.1 Å². The Bertz CT molecular complexity index is 1270. The van der Waals surface area contributed by atoms with Crippen LogP contribution in [0.2, 0.25) is 0 Å². The van der Waals surface area contributed by atoms with E-state index in [9.17, 15) is 0 Å². The fraction of sp³-hybridized carbons (Fsp3) is 0.345. The standard InChI is InChI=1S/C25H26N6S.2C2H6/c1-17(19-6-7-26-25(14-19)31-10-8-30(3)9-11-31)29-24-13-22-12-20(4-5-21(22)15-28-24)23-16-27-18(2)32-23;2*1-2/h4-7,12-16H,1,8-11H2,2-3H3,(H,28,29);2*1-2H3. The number of piperazine rings is 1. The number of aromatic nitrogens is 3. The molecule has 1 N–H and O–H groups in total. The number of hydrogen-bond donors (Lipinski definition) is 1. The van der Waals surface area contributed by atoms with Crippen LogP contribution in [0.4, 0.5) is 11.6 Å². The van der Waals surface area contributed by atoms with Crippen LogP contribution in [0.15, 0.2) is 61.6 Å². The molecule has 1 saturated heterocycles. The minimum atomic E-state index is 0.776. The van der Waals surface area contributed by atoms with Crippen molar-refractivity contribution in [3.63, 3.8) is 0 Å². The van der Waals surface area contributed by atoms with Crippen molar-refractivity contribution in [2.45, 2.75) is 34.6 Å².